The van der Waals surface area contributed by atoms with Gasteiger partial charge >= 0.3 is 0 Å². The van der Waals surface area contributed by atoms with Gasteiger partial charge < -0.3 is 25.0 Å². The van der Waals surface area contributed by atoms with E-state index in [0.717, 1.165) is 41.0 Å². The minimum absolute atomic E-state index is 0.110. The van der Waals surface area contributed by atoms with E-state index >= 15 is 0 Å². The third-order valence-electron chi connectivity index (χ3n) is 9.09. The third kappa shape index (κ3) is 2.80. The van der Waals surface area contributed by atoms with Gasteiger partial charge in [0.1, 0.15) is 12.2 Å². The summed E-state index contributed by atoms with van der Waals surface area (Å²) in [5.41, 5.74) is 3.10. The van der Waals surface area contributed by atoms with Crippen molar-refractivity contribution in [2.24, 2.45) is 5.92 Å². The van der Waals surface area contributed by atoms with E-state index in [2.05, 4.69) is 31.9 Å². The van der Waals surface area contributed by atoms with E-state index in [9.17, 15) is 15.3 Å². The number of aliphatic hydroxyl groups is 2. The molecule has 34 heavy (non-hydrogen) atoms. The summed E-state index contributed by atoms with van der Waals surface area (Å²) in [6.45, 7) is 5.05. The summed E-state index contributed by atoms with van der Waals surface area (Å²) in [6.07, 6.45) is 5.98. The van der Waals surface area contributed by atoms with E-state index in [4.69, 9.17) is 4.74 Å². The fourth-order valence-corrected chi connectivity index (χ4v) is 7.66. The van der Waals surface area contributed by atoms with E-state index in [1.807, 2.05) is 36.6 Å². The molecule has 1 fully saturated rings. The second-order valence-corrected chi connectivity index (χ2v) is 11.9. The lowest BCUT2D eigenvalue weighted by atomic mass is 9.52. The molecule has 6 atom stereocenters. The van der Waals surface area contributed by atoms with Gasteiger partial charge in [-0.15, -0.1) is 11.8 Å². The van der Waals surface area contributed by atoms with E-state index in [0.29, 0.717) is 11.8 Å². The van der Waals surface area contributed by atoms with Crippen LogP contribution in [0.2, 0.25) is 0 Å². The Morgan fingerprint density at radius 1 is 1.21 bits per heavy atom. The van der Waals surface area contributed by atoms with Crippen molar-refractivity contribution in [1.29, 1.82) is 0 Å². The Morgan fingerprint density at radius 3 is 2.65 bits per heavy atom. The molecular formula is C28H33NO4S. The number of hydrogen-bond donors (Lipinski definition) is 3. The molecule has 6 rings (SSSR count). The number of nitrogens with zero attached hydrogens (tertiary/aromatic N) is 1. The number of aliphatic hydroxyl groups excluding tert-OH is 2. The zero-order valence-corrected chi connectivity index (χ0v) is 21.0. The van der Waals surface area contributed by atoms with Gasteiger partial charge in [-0.1, -0.05) is 38.1 Å². The largest absolute Gasteiger partial charge is 0.504 e. The molecule has 4 aliphatic rings. The first-order valence-corrected chi connectivity index (χ1v) is 13.4. The summed E-state index contributed by atoms with van der Waals surface area (Å²) in [4.78, 5) is 3.59. The lowest BCUT2D eigenvalue weighted by Crippen LogP contribution is -2.65. The Hall–Kier alpha value is -1.99. The van der Waals surface area contributed by atoms with Crippen molar-refractivity contribution in [1.82, 2.24) is 4.90 Å². The Bertz CT molecular complexity index is 1180. The Balaban J connectivity index is 1.53. The molecule has 2 heterocycles. The summed E-state index contributed by atoms with van der Waals surface area (Å²) < 4.78 is 6.36. The van der Waals surface area contributed by atoms with Crippen LogP contribution in [0.3, 0.4) is 0 Å². The molecule has 1 saturated heterocycles. The van der Waals surface area contributed by atoms with Crippen LogP contribution in [-0.2, 0) is 17.3 Å². The minimum Gasteiger partial charge on any atom is -0.504 e. The minimum atomic E-state index is -0.736. The molecule has 2 aliphatic heterocycles. The van der Waals surface area contributed by atoms with E-state index in [-0.39, 0.29) is 23.2 Å². The topological polar surface area (TPSA) is 73.2 Å². The Kier molecular flexibility index (Phi) is 4.96. The van der Waals surface area contributed by atoms with Crippen LogP contribution >= 0.6 is 11.8 Å². The second kappa shape index (κ2) is 7.50. The molecule has 1 unspecified atom stereocenters. The van der Waals surface area contributed by atoms with Gasteiger partial charge in [0.15, 0.2) is 11.5 Å². The van der Waals surface area contributed by atoms with Gasteiger partial charge in [0.05, 0.1) is 6.10 Å². The number of likely N-dealkylation sites (N-methyl/N-ethyl adjacent to an activating group) is 1. The zero-order valence-electron chi connectivity index (χ0n) is 20.2. The number of phenols is 1. The second-order valence-electron chi connectivity index (χ2n) is 11.0. The molecule has 180 valence electrons. The molecule has 0 saturated carbocycles. The Labute approximate surface area is 205 Å². The van der Waals surface area contributed by atoms with Crippen LogP contribution in [0.25, 0.3) is 0 Å². The number of ether oxygens (including phenoxy) is 1. The highest BCUT2D eigenvalue weighted by molar-refractivity contribution is 7.98. The zero-order chi connectivity index (χ0) is 24.0. The predicted octanol–water partition coefficient (Wildman–Crippen LogP) is 3.93. The van der Waals surface area contributed by atoms with Gasteiger partial charge in [-0.25, -0.2) is 0 Å². The van der Waals surface area contributed by atoms with Crippen molar-refractivity contribution in [2.45, 2.75) is 66.8 Å². The van der Waals surface area contributed by atoms with Gasteiger partial charge in [-0.2, -0.15) is 0 Å². The van der Waals surface area contributed by atoms with Gasteiger partial charge in [0.2, 0.25) is 0 Å². The number of phenolic OH excluding ortho intramolecular Hbond substituents is 1. The lowest BCUT2D eigenvalue weighted by Gasteiger charge is -2.57. The highest BCUT2D eigenvalue weighted by atomic mass is 32.2. The van der Waals surface area contributed by atoms with E-state index in [1.54, 1.807) is 17.8 Å². The first kappa shape index (κ1) is 22.5. The average Bonchev–Trinajstić information content (AvgIpc) is 3.19. The average molecular weight is 480 g/mol. The molecule has 2 bridgehead atoms. The SMILES string of the molecule is CSc1ccc(C(O)C(C)(C)c2cc(O)c3c4c2C[C@@H]2[C@@H]5C=C[C@H](O)[C@H](O3)[C@]45CCN2C)cc1. The van der Waals surface area contributed by atoms with Crippen LogP contribution in [0.15, 0.2) is 47.4 Å². The highest BCUT2D eigenvalue weighted by Gasteiger charge is 2.65. The molecule has 0 amide bonds. The number of piperidine rings is 1. The van der Waals surface area contributed by atoms with Gasteiger partial charge in [0.25, 0.3) is 0 Å². The summed E-state index contributed by atoms with van der Waals surface area (Å²) in [6, 6.07) is 10.2. The monoisotopic (exact) mass is 479 g/mol. The van der Waals surface area contributed by atoms with Crippen molar-refractivity contribution in [3.63, 3.8) is 0 Å². The normalized spacial score (nSPS) is 32.3. The molecule has 1 spiro atoms. The number of rotatable bonds is 4. The summed E-state index contributed by atoms with van der Waals surface area (Å²) in [7, 11) is 2.18. The van der Waals surface area contributed by atoms with Crippen LogP contribution in [0, 0.1) is 5.92 Å². The van der Waals surface area contributed by atoms with Gasteiger partial charge in [-0.3, -0.25) is 0 Å². The number of aromatic hydroxyl groups is 1. The number of benzene rings is 2. The number of likely N-dealkylation sites (tertiary alicyclic amines) is 1. The lowest BCUT2D eigenvalue weighted by molar-refractivity contribution is -0.0455. The third-order valence-corrected chi connectivity index (χ3v) is 9.83. The smallest absolute Gasteiger partial charge is 0.165 e. The van der Waals surface area contributed by atoms with E-state index < -0.39 is 17.6 Å². The maximum Gasteiger partial charge on any atom is 0.165 e. The molecule has 2 aromatic rings. The number of hydrogen-bond acceptors (Lipinski definition) is 6. The van der Waals surface area contributed by atoms with Crippen molar-refractivity contribution in [3.05, 3.63) is 64.7 Å². The van der Waals surface area contributed by atoms with Gasteiger partial charge in [-0.05, 0) is 67.6 Å². The molecular weight excluding hydrogens is 446 g/mol. The van der Waals surface area contributed by atoms with Crippen LogP contribution in [0.5, 0.6) is 11.5 Å². The van der Waals surface area contributed by atoms with Crippen LogP contribution in [0.4, 0.5) is 0 Å². The molecule has 2 aromatic carbocycles. The molecule has 3 N–H and O–H groups in total. The standard InChI is InChI=1S/C28H33NO4S/c1-27(2,25(32)15-5-7-16(34-4)8-6-15)19-14-22(31)24-23-17(19)13-20-18-9-10-21(30)26(33-24)28(18,23)11-12-29(20)3/h5-10,14,18,20-21,25-26,30-32H,11-13H2,1-4H3/t18-,20+,21-,25?,26-,28-/m0/s1. The molecule has 0 radical (unpaired) electrons. The maximum absolute atomic E-state index is 11.6. The van der Waals surface area contributed by atoms with Crippen molar-refractivity contribution >= 4 is 11.8 Å². The first-order valence-electron chi connectivity index (χ1n) is 12.1. The molecule has 0 aromatic heterocycles. The Morgan fingerprint density at radius 2 is 1.94 bits per heavy atom. The fourth-order valence-electron chi connectivity index (χ4n) is 7.25. The summed E-state index contributed by atoms with van der Waals surface area (Å²) >= 11 is 1.68. The fraction of sp³-hybridized carbons (Fsp3) is 0.500. The van der Waals surface area contributed by atoms with Gasteiger partial charge in [0, 0.05) is 33.2 Å². The van der Waals surface area contributed by atoms with Crippen LogP contribution in [-0.4, -0.2) is 58.3 Å². The maximum atomic E-state index is 11.6. The van der Waals surface area contributed by atoms with Crippen molar-refractivity contribution in [2.75, 3.05) is 19.8 Å². The highest BCUT2D eigenvalue weighted by Crippen LogP contribution is 2.64. The summed E-state index contributed by atoms with van der Waals surface area (Å²) in [5, 5.41) is 33.7. The van der Waals surface area contributed by atoms with Crippen molar-refractivity contribution in [3.8, 4) is 11.5 Å². The van der Waals surface area contributed by atoms with Crippen LogP contribution < -0.4 is 4.74 Å². The number of thioether (sulfide) groups is 1. The molecule has 6 heteroatoms. The molecule has 5 nitrogen and oxygen atoms in total. The van der Waals surface area contributed by atoms with Crippen LogP contribution in [0.1, 0.15) is 48.6 Å². The van der Waals surface area contributed by atoms with Crippen molar-refractivity contribution < 1.29 is 20.1 Å². The molecule has 2 aliphatic carbocycles. The summed E-state index contributed by atoms with van der Waals surface area (Å²) in [5.74, 6) is 0.878. The van der Waals surface area contributed by atoms with E-state index in [1.165, 1.54) is 5.56 Å². The first-order chi connectivity index (χ1) is 16.2. The quantitative estimate of drug-likeness (QED) is 0.456. The predicted molar refractivity (Wildman–Crippen MR) is 134 cm³/mol.